The normalized spacial score (nSPS) is 25.4. The quantitative estimate of drug-likeness (QED) is 0.843. The SMILES string of the molecule is O=C(O)C1CCC(NCc2ccnc(OC3CCCC3)c2)CC1. The topological polar surface area (TPSA) is 71.5 Å². The number of carbonyl (C=O) groups is 1. The van der Waals surface area contributed by atoms with Crippen LogP contribution in [0.1, 0.15) is 56.9 Å². The summed E-state index contributed by atoms with van der Waals surface area (Å²) in [5.74, 6) is -0.0718. The molecule has 1 aromatic heterocycles. The summed E-state index contributed by atoms with van der Waals surface area (Å²) in [7, 11) is 0. The van der Waals surface area contributed by atoms with Crippen molar-refractivity contribution in [3.05, 3.63) is 23.9 Å². The fourth-order valence-corrected chi connectivity index (χ4v) is 3.61. The molecule has 126 valence electrons. The molecule has 5 nitrogen and oxygen atoms in total. The van der Waals surface area contributed by atoms with Crippen LogP contribution >= 0.6 is 0 Å². The molecule has 0 atom stereocenters. The Morgan fingerprint density at radius 3 is 2.65 bits per heavy atom. The van der Waals surface area contributed by atoms with E-state index < -0.39 is 5.97 Å². The fourth-order valence-electron chi connectivity index (χ4n) is 3.61. The van der Waals surface area contributed by atoms with Gasteiger partial charge in [0.25, 0.3) is 0 Å². The van der Waals surface area contributed by atoms with Crippen LogP contribution in [0.25, 0.3) is 0 Å². The molecule has 1 heterocycles. The third kappa shape index (κ3) is 4.67. The lowest BCUT2D eigenvalue weighted by molar-refractivity contribution is -0.142. The molecule has 0 saturated heterocycles. The van der Waals surface area contributed by atoms with Crippen molar-refractivity contribution in [1.82, 2.24) is 10.3 Å². The second-order valence-corrected chi connectivity index (χ2v) is 6.79. The lowest BCUT2D eigenvalue weighted by atomic mass is 9.86. The minimum absolute atomic E-state index is 0.152. The fraction of sp³-hybridized carbons (Fsp3) is 0.667. The zero-order chi connectivity index (χ0) is 16.1. The van der Waals surface area contributed by atoms with E-state index in [9.17, 15) is 4.79 Å². The monoisotopic (exact) mass is 318 g/mol. The number of hydrogen-bond acceptors (Lipinski definition) is 4. The van der Waals surface area contributed by atoms with Crippen LogP contribution in [-0.4, -0.2) is 28.2 Å². The number of ether oxygens (including phenoxy) is 1. The van der Waals surface area contributed by atoms with Gasteiger partial charge in [-0.25, -0.2) is 4.98 Å². The molecule has 2 fully saturated rings. The molecule has 23 heavy (non-hydrogen) atoms. The first-order chi connectivity index (χ1) is 11.2. The van der Waals surface area contributed by atoms with E-state index in [1.165, 1.54) is 18.4 Å². The van der Waals surface area contributed by atoms with Gasteiger partial charge in [0.2, 0.25) is 5.88 Å². The number of nitrogens with zero attached hydrogens (tertiary/aromatic N) is 1. The largest absolute Gasteiger partial charge is 0.481 e. The van der Waals surface area contributed by atoms with Crippen molar-refractivity contribution in [1.29, 1.82) is 0 Å². The van der Waals surface area contributed by atoms with E-state index in [1.54, 1.807) is 0 Å². The van der Waals surface area contributed by atoms with E-state index in [4.69, 9.17) is 9.84 Å². The average molecular weight is 318 g/mol. The molecule has 0 aromatic carbocycles. The predicted octanol–water partition coefficient (Wildman–Crippen LogP) is 3.14. The van der Waals surface area contributed by atoms with Crippen molar-refractivity contribution < 1.29 is 14.6 Å². The van der Waals surface area contributed by atoms with Gasteiger partial charge in [-0.05, 0) is 63.0 Å². The zero-order valence-electron chi connectivity index (χ0n) is 13.5. The Bertz CT molecular complexity index is 521. The lowest BCUT2D eigenvalue weighted by Gasteiger charge is -2.27. The molecule has 2 aliphatic rings. The van der Waals surface area contributed by atoms with Gasteiger partial charge >= 0.3 is 5.97 Å². The van der Waals surface area contributed by atoms with E-state index in [1.807, 2.05) is 18.3 Å². The molecule has 0 bridgehead atoms. The van der Waals surface area contributed by atoms with Crippen LogP contribution in [0.2, 0.25) is 0 Å². The minimum Gasteiger partial charge on any atom is -0.481 e. The van der Waals surface area contributed by atoms with Gasteiger partial charge in [-0.15, -0.1) is 0 Å². The Kier molecular flexibility index (Phi) is 5.49. The number of nitrogens with one attached hydrogen (secondary N) is 1. The van der Waals surface area contributed by atoms with E-state index in [-0.39, 0.29) is 5.92 Å². The van der Waals surface area contributed by atoms with Crippen LogP contribution in [0.4, 0.5) is 0 Å². The molecule has 0 unspecified atom stereocenters. The van der Waals surface area contributed by atoms with E-state index in [2.05, 4.69) is 10.3 Å². The maximum Gasteiger partial charge on any atom is 0.306 e. The van der Waals surface area contributed by atoms with Crippen LogP contribution in [0, 0.1) is 5.92 Å². The maximum absolute atomic E-state index is 11.0. The van der Waals surface area contributed by atoms with Gasteiger partial charge in [0.15, 0.2) is 0 Å². The molecule has 2 N–H and O–H groups in total. The van der Waals surface area contributed by atoms with E-state index in [0.717, 1.165) is 50.9 Å². The highest BCUT2D eigenvalue weighted by atomic mass is 16.5. The lowest BCUT2D eigenvalue weighted by Crippen LogP contribution is -2.34. The number of aliphatic carboxylic acids is 1. The van der Waals surface area contributed by atoms with E-state index in [0.29, 0.717) is 12.1 Å². The summed E-state index contributed by atoms with van der Waals surface area (Å²) in [6, 6.07) is 4.45. The van der Waals surface area contributed by atoms with Crippen molar-refractivity contribution in [2.24, 2.45) is 5.92 Å². The maximum atomic E-state index is 11.0. The van der Waals surface area contributed by atoms with Crippen molar-refractivity contribution >= 4 is 5.97 Å². The van der Waals surface area contributed by atoms with Crippen LogP contribution in [-0.2, 0) is 11.3 Å². The number of carboxylic acid groups (broad SMARTS) is 1. The van der Waals surface area contributed by atoms with Gasteiger partial charge in [0, 0.05) is 24.8 Å². The van der Waals surface area contributed by atoms with Crippen LogP contribution in [0.15, 0.2) is 18.3 Å². The van der Waals surface area contributed by atoms with Gasteiger partial charge < -0.3 is 15.2 Å². The van der Waals surface area contributed by atoms with Crippen LogP contribution in [0.5, 0.6) is 5.88 Å². The highest BCUT2D eigenvalue weighted by Gasteiger charge is 2.25. The van der Waals surface area contributed by atoms with Gasteiger partial charge in [-0.3, -0.25) is 4.79 Å². The van der Waals surface area contributed by atoms with Crippen molar-refractivity contribution in [2.75, 3.05) is 0 Å². The third-order valence-electron chi connectivity index (χ3n) is 5.06. The molecule has 2 aliphatic carbocycles. The van der Waals surface area contributed by atoms with Gasteiger partial charge in [-0.2, -0.15) is 0 Å². The van der Waals surface area contributed by atoms with Gasteiger partial charge in [0.1, 0.15) is 6.10 Å². The Balaban J connectivity index is 1.46. The Morgan fingerprint density at radius 2 is 1.96 bits per heavy atom. The molecule has 0 radical (unpaired) electrons. The molecule has 5 heteroatoms. The highest BCUT2D eigenvalue weighted by molar-refractivity contribution is 5.70. The van der Waals surface area contributed by atoms with E-state index >= 15 is 0 Å². The second kappa shape index (κ2) is 7.77. The number of carboxylic acids is 1. The molecular weight excluding hydrogens is 292 g/mol. The summed E-state index contributed by atoms with van der Waals surface area (Å²) in [6.45, 7) is 0.784. The average Bonchev–Trinajstić information content (AvgIpc) is 3.07. The minimum atomic E-state index is -0.647. The summed E-state index contributed by atoms with van der Waals surface area (Å²) < 4.78 is 5.94. The number of rotatable bonds is 6. The third-order valence-corrected chi connectivity index (χ3v) is 5.06. The molecule has 0 aliphatic heterocycles. The molecule has 3 rings (SSSR count). The number of aromatic nitrogens is 1. The number of hydrogen-bond donors (Lipinski definition) is 2. The Morgan fingerprint density at radius 1 is 1.22 bits per heavy atom. The van der Waals surface area contributed by atoms with Crippen LogP contribution in [0.3, 0.4) is 0 Å². The molecule has 0 spiro atoms. The second-order valence-electron chi connectivity index (χ2n) is 6.79. The molecule has 2 saturated carbocycles. The summed E-state index contributed by atoms with van der Waals surface area (Å²) in [5, 5.41) is 12.6. The first-order valence-electron chi connectivity index (χ1n) is 8.78. The number of pyridine rings is 1. The molecular formula is C18H26N2O3. The molecule has 1 aromatic rings. The highest BCUT2D eigenvalue weighted by Crippen LogP contribution is 2.25. The van der Waals surface area contributed by atoms with Crippen molar-refractivity contribution in [3.8, 4) is 5.88 Å². The smallest absolute Gasteiger partial charge is 0.306 e. The van der Waals surface area contributed by atoms with Crippen molar-refractivity contribution in [3.63, 3.8) is 0 Å². The first kappa shape index (κ1) is 16.2. The summed E-state index contributed by atoms with van der Waals surface area (Å²) in [4.78, 5) is 15.3. The van der Waals surface area contributed by atoms with Gasteiger partial charge in [0.05, 0.1) is 5.92 Å². The van der Waals surface area contributed by atoms with Crippen LogP contribution < -0.4 is 10.1 Å². The van der Waals surface area contributed by atoms with Crippen molar-refractivity contribution in [2.45, 2.75) is 70.1 Å². The summed E-state index contributed by atoms with van der Waals surface area (Å²) >= 11 is 0. The first-order valence-corrected chi connectivity index (χ1v) is 8.78. The zero-order valence-corrected chi connectivity index (χ0v) is 13.5. The molecule has 0 amide bonds. The summed E-state index contributed by atoms with van der Waals surface area (Å²) in [6.07, 6.45) is 10.4. The Hall–Kier alpha value is -1.62. The Labute approximate surface area is 137 Å². The van der Waals surface area contributed by atoms with Gasteiger partial charge in [-0.1, -0.05) is 0 Å². The summed E-state index contributed by atoms with van der Waals surface area (Å²) in [5.41, 5.74) is 1.17. The standard InChI is InChI=1S/C18H26N2O3/c21-18(22)14-5-7-15(8-6-14)20-12-13-9-10-19-17(11-13)23-16-3-1-2-4-16/h9-11,14-16,20H,1-8,12H2,(H,21,22). The predicted molar refractivity (Wildman–Crippen MR) is 87.3 cm³/mol.